The lowest BCUT2D eigenvalue weighted by Crippen LogP contribution is -2.20. The van der Waals surface area contributed by atoms with Gasteiger partial charge in [-0.25, -0.2) is 4.98 Å². The van der Waals surface area contributed by atoms with Gasteiger partial charge in [-0.15, -0.1) is 0 Å². The van der Waals surface area contributed by atoms with E-state index in [0.29, 0.717) is 5.82 Å². The van der Waals surface area contributed by atoms with Crippen molar-refractivity contribution in [2.45, 2.75) is 25.2 Å². The first-order valence-electron chi connectivity index (χ1n) is 6.36. The number of aromatic amines is 1. The third-order valence-electron chi connectivity index (χ3n) is 3.64. The molecule has 0 saturated carbocycles. The molecule has 0 radical (unpaired) electrons. The topological polar surface area (TPSA) is 69.5 Å². The molecule has 94 valence electrons. The van der Waals surface area contributed by atoms with Crippen LogP contribution in [0.25, 0.3) is 0 Å². The summed E-state index contributed by atoms with van der Waals surface area (Å²) in [4.78, 5) is 18.7. The highest BCUT2D eigenvalue weighted by Gasteiger charge is 2.23. The lowest BCUT2D eigenvalue weighted by Gasteiger charge is -2.24. The Labute approximate surface area is 110 Å². The Morgan fingerprint density at radius 1 is 1.37 bits per heavy atom. The smallest absolute Gasteiger partial charge is 0.268 e. The zero-order valence-electron chi connectivity index (χ0n) is 10.4. The van der Waals surface area contributed by atoms with Crippen molar-refractivity contribution in [2.75, 3.05) is 0 Å². The highest BCUT2D eigenvalue weighted by atomic mass is 16.1. The molecule has 1 aliphatic carbocycles. The summed E-state index contributed by atoms with van der Waals surface area (Å²) in [6.07, 6.45) is 4.51. The first-order valence-corrected chi connectivity index (χ1v) is 6.36. The number of H-pyrrole nitrogens is 1. The van der Waals surface area contributed by atoms with E-state index in [0.717, 1.165) is 19.3 Å². The maximum absolute atomic E-state index is 11.7. The van der Waals surface area contributed by atoms with Gasteiger partial charge in [-0.3, -0.25) is 4.79 Å². The molecule has 4 nitrogen and oxygen atoms in total. The van der Waals surface area contributed by atoms with Gasteiger partial charge in [0.15, 0.2) is 0 Å². The Kier molecular flexibility index (Phi) is 2.88. The summed E-state index contributed by atoms with van der Waals surface area (Å²) in [5, 5.41) is 8.77. The molecule has 1 heterocycles. The summed E-state index contributed by atoms with van der Waals surface area (Å²) in [7, 11) is 0. The van der Waals surface area contributed by atoms with Crippen LogP contribution in [-0.4, -0.2) is 9.97 Å². The number of aromatic nitrogens is 2. The number of benzene rings is 1. The predicted octanol–water partition coefficient (Wildman–Crippen LogP) is 2.11. The second kappa shape index (κ2) is 4.69. The molecule has 0 fully saturated rings. The quantitative estimate of drug-likeness (QED) is 0.843. The van der Waals surface area contributed by atoms with E-state index in [1.54, 1.807) is 0 Å². The van der Waals surface area contributed by atoms with Crippen LogP contribution in [0.5, 0.6) is 0 Å². The fraction of sp³-hybridized carbons (Fsp3) is 0.267. The van der Waals surface area contributed by atoms with E-state index in [1.165, 1.54) is 17.3 Å². The number of nitrogens with zero attached hydrogens (tertiary/aromatic N) is 2. The van der Waals surface area contributed by atoms with Crippen molar-refractivity contribution in [3.8, 4) is 6.07 Å². The van der Waals surface area contributed by atoms with Gasteiger partial charge < -0.3 is 4.98 Å². The Morgan fingerprint density at radius 3 is 3.00 bits per heavy atom. The lowest BCUT2D eigenvalue weighted by atomic mass is 9.82. The zero-order chi connectivity index (χ0) is 13.2. The van der Waals surface area contributed by atoms with Crippen LogP contribution in [0.4, 0.5) is 0 Å². The highest BCUT2D eigenvalue weighted by Crippen LogP contribution is 2.34. The van der Waals surface area contributed by atoms with Gasteiger partial charge in [0.25, 0.3) is 5.56 Å². The largest absolute Gasteiger partial charge is 0.309 e. The molecule has 1 N–H and O–H groups in total. The molecular weight excluding hydrogens is 238 g/mol. The molecule has 0 amide bonds. The first-order chi connectivity index (χ1) is 9.29. The van der Waals surface area contributed by atoms with Crippen LogP contribution in [-0.2, 0) is 6.42 Å². The van der Waals surface area contributed by atoms with Crippen LogP contribution in [0.2, 0.25) is 0 Å². The zero-order valence-corrected chi connectivity index (χ0v) is 10.4. The monoisotopic (exact) mass is 251 g/mol. The minimum Gasteiger partial charge on any atom is -0.309 e. The SMILES string of the molecule is N#Cc1cnc(C2CCCc3ccccc32)[nH]c1=O. The number of hydrogen-bond donors (Lipinski definition) is 1. The fourth-order valence-electron chi connectivity index (χ4n) is 2.70. The van der Waals surface area contributed by atoms with Crippen molar-refractivity contribution in [3.05, 3.63) is 63.3 Å². The van der Waals surface area contributed by atoms with E-state index in [1.807, 2.05) is 18.2 Å². The van der Waals surface area contributed by atoms with Gasteiger partial charge in [-0.05, 0) is 30.4 Å². The van der Waals surface area contributed by atoms with E-state index >= 15 is 0 Å². The molecule has 0 spiro atoms. The molecular formula is C15H13N3O. The number of hydrogen-bond acceptors (Lipinski definition) is 3. The van der Waals surface area contributed by atoms with Crippen LogP contribution in [0, 0.1) is 11.3 Å². The summed E-state index contributed by atoms with van der Waals surface area (Å²) in [6.45, 7) is 0. The Balaban J connectivity index is 2.07. The van der Waals surface area contributed by atoms with Gasteiger partial charge in [0.2, 0.25) is 0 Å². The van der Waals surface area contributed by atoms with Crippen molar-refractivity contribution in [1.29, 1.82) is 5.26 Å². The van der Waals surface area contributed by atoms with Crippen molar-refractivity contribution >= 4 is 0 Å². The average molecular weight is 251 g/mol. The van der Waals surface area contributed by atoms with Gasteiger partial charge in [0, 0.05) is 5.92 Å². The molecule has 1 atom stereocenters. The number of fused-ring (bicyclic) bond motifs is 1. The maximum Gasteiger partial charge on any atom is 0.268 e. The summed E-state index contributed by atoms with van der Waals surface area (Å²) in [6, 6.07) is 10.1. The molecule has 3 rings (SSSR count). The third-order valence-corrected chi connectivity index (χ3v) is 3.64. The Morgan fingerprint density at radius 2 is 2.21 bits per heavy atom. The Bertz CT molecular complexity index is 712. The molecule has 1 aromatic carbocycles. The number of rotatable bonds is 1. The average Bonchev–Trinajstić information content (AvgIpc) is 2.46. The Hall–Kier alpha value is -2.41. The second-order valence-electron chi connectivity index (χ2n) is 4.77. The van der Waals surface area contributed by atoms with Crippen LogP contribution in [0.1, 0.15) is 41.3 Å². The van der Waals surface area contributed by atoms with Crippen molar-refractivity contribution in [1.82, 2.24) is 9.97 Å². The molecule has 19 heavy (non-hydrogen) atoms. The third kappa shape index (κ3) is 2.04. The minimum absolute atomic E-state index is 0.0628. The predicted molar refractivity (Wildman–Crippen MR) is 70.8 cm³/mol. The van der Waals surface area contributed by atoms with Crippen molar-refractivity contribution < 1.29 is 0 Å². The standard InChI is InChI=1S/C15H13N3O/c16-8-11-9-17-14(18-15(11)19)13-7-3-5-10-4-1-2-6-12(10)13/h1-2,4,6,9,13H,3,5,7H2,(H,17,18,19). The van der Waals surface area contributed by atoms with Crippen LogP contribution in [0.15, 0.2) is 35.3 Å². The second-order valence-corrected chi connectivity index (χ2v) is 4.77. The molecule has 0 aliphatic heterocycles. The van der Waals surface area contributed by atoms with Crippen molar-refractivity contribution in [2.24, 2.45) is 0 Å². The van der Waals surface area contributed by atoms with Gasteiger partial charge in [0.1, 0.15) is 17.5 Å². The normalized spacial score (nSPS) is 17.5. The van der Waals surface area contributed by atoms with Gasteiger partial charge >= 0.3 is 0 Å². The van der Waals surface area contributed by atoms with E-state index in [-0.39, 0.29) is 17.0 Å². The molecule has 4 heteroatoms. The molecule has 2 aromatic rings. The maximum atomic E-state index is 11.7. The lowest BCUT2D eigenvalue weighted by molar-refractivity contribution is 0.588. The number of aryl methyl sites for hydroxylation is 1. The summed E-state index contributed by atoms with van der Waals surface area (Å²) in [5.41, 5.74) is 2.27. The van der Waals surface area contributed by atoms with E-state index < -0.39 is 0 Å². The molecule has 1 aromatic heterocycles. The summed E-state index contributed by atoms with van der Waals surface area (Å²) in [5.74, 6) is 0.793. The van der Waals surface area contributed by atoms with Gasteiger partial charge in [-0.1, -0.05) is 24.3 Å². The molecule has 1 aliphatic rings. The number of nitrogens with one attached hydrogen (secondary N) is 1. The molecule has 1 unspecified atom stereocenters. The molecule has 0 saturated heterocycles. The van der Waals surface area contributed by atoms with Crippen LogP contribution in [0.3, 0.4) is 0 Å². The van der Waals surface area contributed by atoms with E-state index in [2.05, 4.69) is 22.1 Å². The van der Waals surface area contributed by atoms with Crippen LogP contribution >= 0.6 is 0 Å². The molecule has 0 bridgehead atoms. The first kappa shape index (κ1) is 11.7. The number of nitriles is 1. The highest BCUT2D eigenvalue weighted by molar-refractivity contribution is 5.36. The van der Waals surface area contributed by atoms with Crippen molar-refractivity contribution in [3.63, 3.8) is 0 Å². The van der Waals surface area contributed by atoms with E-state index in [9.17, 15) is 4.79 Å². The van der Waals surface area contributed by atoms with Crippen LogP contribution < -0.4 is 5.56 Å². The van der Waals surface area contributed by atoms with E-state index in [4.69, 9.17) is 5.26 Å². The summed E-state index contributed by atoms with van der Waals surface area (Å²) >= 11 is 0. The summed E-state index contributed by atoms with van der Waals surface area (Å²) < 4.78 is 0. The fourth-order valence-corrected chi connectivity index (χ4v) is 2.70. The van der Waals surface area contributed by atoms with Gasteiger partial charge in [0.05, 0.1) is 6.20 Å². The minimum atomic E-state index is -0.351. The van der Waals surface area contributed by atoms with Gasteiger partial charge in [-0.2, -0.15) is 5.26 Å².